The van der Waals surface area contributed by atoms with Gasteiger partial charge in [0.1, 0.15) is 0 Å². The average molecular weight is 195 g/mol. The third-order valence-corrected chi connectivity index (χ3v) is 2.77. The van der Waals surface area contributed by atoms with Gasteiger partial charge in [0, 0.05) is 6.42 Å². The lowest BCUT2D eigenvalue weighted by Crippen LogP contribution is -2.04. The van der Waals surface area contributed by atoms with Crippen LogP contribution in [0.25, 0.3) is 0 Å². The van der Waals surface area contributed by atoms with E-state index in [-0.39, 0.29) is 0 Å². The van der Waals surface area contributed by atoms with E-state index in [2.05, 4.69) is 15.5 Å². The molecule has 0 bridgehead atoms. The van der Waals surface area contributed by atoms with E-state index in [0.717, 1.165) is 18.2 Å². The maximum absolute atomic E-state index is 5.50. The summed E-state index contributed by atoms with van der Waals surface area (Å²) in [6.45, 7) is 0.664. The lowest BCUT2D eigenvalue weighted by Gasteiger charge is -2.02. The summed E-state index contributed by atoms with van der Waals surface area (Å²) in [6.07, 6.45) is 6.34. The summed E-state index contributed by atoms with van der Waals surface area (Å²) in [5.41, 5.74) is 0. The van der Waals surface area contributed by atoms with Crippen LogP contribution in [-0.4, -0.2) is 17.2 Å². The second kappa shape index (κ2) is 4.55. The summed E-state index contributed by atoms with van der Waals surface area (Å²) in [7, 11) is 1.88. The number of aromatic nitrogens is 2. The van der Waals surface area contributed by atoms with Crippen LogP contribution in [-0.2, 0) is 13.0 Å². The molecule has 1 saturated carbocycles. The number of hydrogen-bond donors (Lipinski definition) is 1. The van der Waals surface area contributed by atoms with Gasteiger partial charge in [-0.15, -0.1) is 10.2 Å². The number of hydrogen-bond acceptors (Lipinski definition) is 4. The van der Waals surface area contributed by atoms with Crippen LogP contribution in [0, 0.1) is 5.92 Å². The minimum absolute atomic E-state index is 0.664. The van der Waals surface area contributed by atoms with Crippen LogP contribution in [0.15, 0.2) is 4.42 Å². The summed E-state index contributed by atoms with van der Waals surface area (Å²) in [4.78, 5) is 0. The Balaban J connectivity index is 1.88. The predicted molar refractivity (Wildman–Crippen MR) is 52.7 cm³/mol. The fourth-order valence-corrected chi connectivity index (χ4v) is 2.05. The Morgan fingerprint density at radius 1 is 1.29 bits per heavy atom. The third kappa shape index (κ3) is 2.32. The zero-order chi connectivity index (χ0) is 9.80. The lowest BCUT2D eigenvalue weighted by molar-refractivity contribution is 0.402. The molecule has 0 aliphatic heterocycles. The zero-order valence-corrected chi connectivity index (χ0v) is 8.62. The molecule has 1 heterocycles. The molecule has 0 saturated heterocycles. The van der Waals surface area contributed by atoms with Gasteiger partial charge in [-0.1, -0.05) is 12.8 Å². The molecule has 1 N–H and O–H groups in total. The van der Waals surface area contributed by atoms with Gasteiger partial charge in [0.15, 0.2) is 0 Å². The highest BCUT2D eigenvalue weighted by Crippen LogP contribution is 2.27. The monoisotopic (exact) mass is 195 g/mol. The van der Waals surface area contributed by atoms with Crippen molar-refractivity contribution in [2.45, 2.75) is 38.6 Å². The SMILES string of the molecule is CNCc1nnc(CC2CCCC2)o1. The summed E-state index contributed by atoms with van der Waals surface area (Å²) < 4.78 is 5.50. The van der Waals surface area contributed by atoms with Gasteiger partial charge in [0.2, 0.25) is 11.8 Å². The fourth-order valence-electron chi connectivity index (χ4n) is 2.05. The summed E-state index contributed by atoms with van der Waals surface area (Å²) in [5, 5.41) is 11.0. The molecule has 78 valence electrons. The quantitative estimate of drug-likeness (QED) is 0.791. The van der Waals surface area contributed by atoms with Crippen molar-refractivity contribution in [3.63, 3.8) is 0 Å². The van der Waals surface area contributed by atoms with Crippen molar-refractivity contribution in [1.82, 2.24) is 15.5 Å². The summed E-state index contributed by atoms with van der Waals surface area (Å²) in [6, 6.07) is 0. The lowest BCUT2D eigenvalue weighted by atomic mass is 10.0. The molecule has 0 unspecified atom stereocenters. The normalized spacial score (nSPS) is 17.8. The highest BCUT2D eigenvalue weighted by molar-refractivity contribution is 4.85. The Hall–Kier alpha value is -0.900. The molecule has 0 atom stereocenters. The molecular weight excluding hydrogens is 178 g/mol. The molecule has 1 aliphatic rings. The van der Waals surface area contributed by atoms with Crippen LogP contribution in [0.3, 0.4) is 0 Å². The van der Waals surface area contributed by atoms with E-state index in [4.69, 9.17) is 4.42 Å². The number of nitrogens with zero attached hydrogens (tertiary/aromatic N) is 2. The highest BCUT2D eigenvalue weighted by Gasteiger charge is 2.18. The van der Waals surface area contributed by atoms with Gasteiger partial charge < -0.3 is 9.73 Å². The minimum Gasteiger partial charge on any atom is -0.424 e. The number of nitrogens with one attached hydrogen (secondary N) is 1. The van der Waals surface area contributed by atoms with E-state index in [1.165, 1.54) is 25.7 Å². The van der Waals surface area contributed by atoms with Gasteiger partial charge >= 0.3 is 0 Å². The molecule has 1 aliphatic carbocycles. The van der Waals surface area contributed by atoms with E-state index >= 15 is 0 Å². The zero-order valence-electron chi connectivity index (χ0n) is 8.62. The van der Waals surface area contributed by atoms with Crippen molar-refractivity contribution in [2.75, 3.05) is 7.05 Å². The van der Waals surface area contributed by atoms with Crippen LogP contribution >= 0.6 is 0 Å². The minimum atomic E-state index is 0.664. The van der Waals surface area contributed by atoms with Gasteiger partial charge in [-0.25, -0.2) is 0 Å². The Morgan fingerprint density at radius 2 is 2.00 bits per heavy atom. The van der Waals surface area contributed by atoms with Crippen molar-refractivity contribution in [3.8, 4) is 0 Å². The van der Waals surface area contributed by atoms with E-state index in [1.807, 2.05) is 7.05 Å². The summed E-state index contributed by atoms with van der Waals surface area (Å²) >= 11 is 0. The van der Waals surface area contributed by atoms with Crippen molar-refractivity contribution in [1.29, 1.82) is 0 Å². The molecule has 2 rings (SSSR count). The molecule has 0 aromatic carbocycles. The van der Waals surface area contributed by atoms with E-state index in [9.17, 15) is 0 Å². The average Bonchev–Trinajstić information content (AvgIpc) is 2.79. The van der Waals surface area contributed by atoms with Gasteiger partial charge in [0.05, 0.1) is 6.54 Å². The molecule has 4 nitrogen and oxygen atoms in total. The van der Waals surface area contributed by atoms with Crippen LogP contribution < -0.4 is 5.32 Å². The van der Waals surface area contributed by atoms with E-state index < -0.39 is 0 Å². The van der Waals surface area contributed by atoms with Gasteiger partial charge in [-0.05, 0) is 25.8 Å². The maximum atomic E-state index is 5.50. The van der Waals surface area contributed by atoms with Crippen LogP contribution in [0.2, 0.25) is 0 Å². The first-order chi connectivity index (χ1) is 6.88. The van der Waals surface area contributed by atoms with E-state index in [0.29, 0.717) is 12.4 Å². The second-order valence-corrected chi connectivity index (χ2v) is 3.97. The standard InChI is InChI=1S/C10H17N3O/c1-11-7-10-13-12-9(14-10)6-8-4-2-3-5-8/h8,11H,2-7H2,1H3. The highest BCUT2D eigenvalue weighted by atomic mass is 16.4. The Kier molecular flexibility index (Phi) is 3.14. The first kappa shape index (κ1) is 9.65. The summed E-state index contributed by atoms with van der Waals surface area (Å²) in [5.74, 6) is 2.28. The molecular formula is C10H17N3O. The van der Waals surface area contributed by atoms with Gasteiger partial charge in [0.25, 0.3) is 0 Å². The Bertz CT molecular complexity index is 279. The first-order valence-corrected chi connectivity index (χ1v) is 5.34. The van der Waals surface area contributed by atoms with Crippen LogP contribution in [0.4, 0.5) is 0 Å². The predicted octanol–water partition coefficient (Wildman–Crippen LogP) is 1.52. The van der Waals surface area contributed by atoms with Crippen molar-refractivity contribution in [3.05, 3.63) is 11.8 Å². The Labute approximate surface area is 84.1 Å². The molecule has 14 heavy (non-hydrogen) atoms. The van der Waals surface area contributed by atoms with Crippen LogP contribution in [0.5, 0.6) is 0 Å². The molecule has 0 radical (unpaired) electrons. The topological polar surface area (TPSA) is 51.0 Å². The van der Waals surface area contributed by atoms with Gasteiger partial charge in [-0.2, -0.15) is 0 Å². The third-order valence-electron chi connectivity index (χ3n) is 2.77. The maximum Gasteiger partial charge on any atom is 0.230 e. The van der Waals surface area contributed by atoms with Crippen molar-refractivity contribution < 1.29 is 4.42 Å². The van der Waals surface area contributed by atoms with Gasteiger partial charge in [-0.3, -0.25) is 0 Å². The smallest absolute Gasteiger partial charge is 0.230 e. The molecule has 0 amide bonds. The van der Waals surface area contributed by atoms with Crippen molar-refractivity contribution >= 4 is 0 Å². The van der Waals surface area contributed by atoms with Crippen LogP contribution in [0.1, 0.15) is 37.5 Å². The fraction of sp³-hybridized carbons (Fsp3) is 0.800. The first-order valence-electron chi connectivity index (χ1n) is 5.34. The largest absolute Gasteiger partial charge is 0.424 e. The molecule has 1 fully saturated rings. The molecule has 4 heteroatoms. The molecule has 1 aromatic heterocycles. The second-order valence-electron chi connectivity index (χ2n) is 3.97. The van der Waals surface area contributed by atoms with E-state index in [1.54, 1.807) is 0 Å². The Morgan fingerprint density at radius 3 is 2.71 bits per heavy atom. The molecule has 1 aromatic rings. The van der Waals surface area contributed by atoms with Crippen molar-refractivity contribution in [2.24, 2.45) is 5.92 Å². The molecule has 0 spiro atoms. The number of rotatable bonds is 4.